The Bertz CT molecular complexity index is 39.1. The summed E-state index contributed by atoms with van der Waals surface area (Å²) in [4.78, 5) is 0. The normalized spacial score (nSPS) is 12.2. The Balaban J connectivity index is -0.00000000254. The summed E-state index contributed by atoms with van der Waals surface area (Å²) in [6.07, 6.45) is 0.583. The van der Waals surface area contributed by atoms with Crippen LogP contribution < -0.4 is 0 Å². The lowest BCUT2D eigenvalue weighted by molar-refractivity contribution is 0.423. The molecule has 6 N–H and O–H groups in total. The van der Waals surface area contributed by atoms with E-state index >= 15 is 0 Å². The average Bonchev–Trinajstić information content (AvgIpc) is 1.75. The summed E-state index contributed by atoms with van der Waals surface area (Å²) in [6.45, 7) is 3.04. The lowest BCUT2D eigenvalue weighted by Gasteiger charge is -1.50. The van der Waals surface area contributed by atoms with Crippen molar-refractivity contribution in [2.75, 3.05) is 6.61 Å². The maximum Gasteiger partial charge on any atom is 0.0781 e. The van der Waals surface area contributed by atoms with Crippen LogP contribution in [0.15, 0.2) is 0 Å². The van der Waals surface area contributed by atoms with Crippen LogP contribution in [-0.2, 0) is 4.74 Å². The molecule has 0 saturated carbocycles. The number of rotatable bonds is 0. The molecule has 1 heterocycles. The third-order valence-electron chi connectivity index (χ3n) is 0.500. The number of hydrogen-bond acceptors (Lipinski definition) is 1. The van der Waals surface area contributed by atoms with Crippen molar-refractivity contribution in [3.8, 4) is 0 Å². The Morgan fingerprint density at radius 2 is 0.846 bits per heavy atom. The van der Waals surface area contributed by atoms with Crippen molar-refractivity contribution in [1.29, 1.82) is 0 Å². The first-order chi connectivity index (χ1) is 1.89. The fraction of sp³-hybridized carbons (Fsp3) is 1.00. The van der Waals surface area contributed by atoms with E-state index in [0.717, 1.165) is 6.61 Å². The molecular weight excluding hydrogens is 214 g/mol. The molecule has 1 aliphatic rings. The summed E-state index contributed by atoms with van der Waals surface area (Å²) in [7, 11) is 0. The van der Waals surface area contributed by atoms with Gasteiger partial charge in [-0.3, -0.25) is 28.2 Å². The van der Waals surface area contributed by atoms with Gasteiger partial charge < -0.3 is 21.2 Å². The summed E-state index contributed by atoms with van der Waals surface area (Å²) in [6, 6.07) is 0. The van der Waals surface area contributed by atoms with E-state index < -0.39 is 0 Å². The van der Waals surface area contributed by atoms with Crippen LogP contribution in [0.25, 0.3) is 0 Å². The van der Waals surface area contributed by atoms with Gasteiger partial charge in [0.15, 0.2) is 0 Å². The van der Waals surface area contributed by atoms with Crippen LogP contribution in [0.1, 0.15) is 6.92 Å². The largest absolute Gasteiger partial charge is 0.412 e. The summed E-state index contributed by atoms with van der Waals surface area (Å²) >= 11 is 0. The molecule has 10 heteroatoms. The zero-order valence-corrected chi connectivity index (χ0v) is 6.64. The Hall–Kier alpha value is -0.580. The third kappa shape index (κ3) is 173. The van der Waals surface area contributed by atoms with Gasteiger partial charge in [0, 0.05) is 0 Å². The second-order valence-electron chi connectivity index (χ2n) is 1.14. The molecule has 1 unspecified atom stereocenters. The lowest BCUT2D eigenvalue weighted by atomic mass is 10.6. The molecule has 96 valence electrons. The summed E-state index contributed by atoms with van der Waals surface area (Å²) in [5.41, 5.74) is 0. The van der Waals surface area contributed by atoms with Crippen molar-refractivity contribution >= 4 is 0 Å². The second-order valence-corrected chi connectivity index (χ2v) is 1.14. The Morgan fingerprint density at radius 1 is 0.769 bits per heavy atom. The van der Waals surface area contributed by atoms with Crippen molar-refractivity contribution in [3.63, 3.8) is 0 Å². The first kappa shape index (κ1) is 138. The zero-order valence-electron chi connectivity index (χ0n) is 6.64. The van der Waals surface area contributed by atoms with E-state index in [-0.39, 0.29) is 44.7 Å². The Labute approximate surface area is 70.4 Å². The van der Waals surface area contributed by atoms with Crippen LogP contribution in [0.5, 0.6) is 0 Å². The van der Waals surface area contributed by atoms with E-state index in [9.17, 15) is 0 Å². The quantitative estimate of drug-likeness (QED) is 0.381. The minimum atomic E-state index is 0. The predicted molar refractivity (Wildman–Crippen MR) is 41.3 cm³/mol. The maximum atomic E-state index is 4.71. The molecule has 1 rings (SSSR count). The monoisotopic (exact) mass is 232 g/mol. The number of hydrogen-bond donors (Lipinski definition) is 0. The van der Waals surface area contributed by atoms with E-state index in [1.165, 1.54) is 0 Å². The van der Waals surface area contributed by atoms with Crippen molar-refractivity contribution in [3.05, 3.63) is 0 Å². The SMILES string of the molecule is CC1CO1.F.F.F.F.F.F.O.O.O. The number of ether oxygens (including phenoxy) is 1. The first-order valence-electron chi connectivity index (χ1n) is 1.51. The smallest absolute Gasteiger partial charge is 0.0781 e. The van der Waals surface area contributed by atoms with Gasteiger partial charge in [-0.1, -0.05) is 0 Å². The second kappa shape index (κ2) is 63.5. The van der Waals surface area contributed by atoms with Gasteiger partial charge in [0.25, 0.3) is 0 Å². The molecule has 0 aromatic rings. The Morgan fingerprint density at radius 3 is 0.846 bits per heavy atom. The lowest BCUT2D eigenvalue weighted by Crippen LogP contribution is -1.60. The van der Waals surface area contributed by atoms with Crippen LogP contribution >= 0.6 is 0 Å². The Kier molecular flexibility index (Phi) is 676. The highest BCUT2D eigenvalue weighted by Crippen LogP contribution is 2.04. The fourth-order valence-electron chi connectivity index (χ4n) is 0.0962. The standard InChI is InChI=1S/C3H6O.6FH.3H2O/c1-3-2-4-3;;;;;;;;;/h3H,2H2,1H3;6*1H;3*1H2. The molecular formula is C3H18F6O4. The van der Waals surface area contributed by atoms with Gasteiger partial charge in [-0.25, -0.2) is 0 Å². The van der Waals surface area contributed by atoms with Gasteiger partial charge >= 0.3 is 0 Å². The summed E-state index contributed by atoms with van der Waals surface area (Å²) < 4.78 is 4.71. The highest BCUT2D eigenvalue weighted by Gasteiger charge is 2.13. The fourth-order valence-corrected chi connectivity index (χ4v) is 0.0962. The van der Waals surface area contributed by atoms with Crippen molar-refractivity contribution in [2.45, 2.75) is 13.0 Å². The van der Waals surface area contributed by atoms with E-state index in [0.29, 0.717) is 6.10 Å². The van der Waals surface area contributed by atoms with E-state index in [1.807, 2.05) is 0 Å². The third-order valence-corrected chi connectivity index (χ3v) is 0.500. The predicted octanol–water partition coefficient (Wildman–Crippen LogP) is -1.15. The zero-order chi connectivity index (χ0) is 2.99. The average molecular weight is 232 g/mol. The van der Waals surface area contributed by atoms with Gasteiger partial charge in [0.2, 0.25) is 0 Å². The van der Waals surface area contributed by atoms with Crippen molar-refractivity contribution < 1.29 is 49.4 Å². The molecule has 4 nitrogen and oxygen atoms in total. The number of epoxide rings is 1. The molecule has 0 aliphatic carbocycles. The molecule has 1 fully saturated rings. The molecule has 0 spiro atoms. The van der Waals surface area contributed by atoms with Gasteiger partial charge in [-0.2, -0.15) is 0 Å². The topological polar surface area (TPSA) is 107 Å². The molecule has 0 bridgehead atoms. The molecule has 0 radical (unpaired) electrons. The van der Waals surface area contributed by atoms with Gasteiger partial charge in [-0.05, 0) is 6.92 Å². The maximum absolute atomic E-state index is 4.71. The number of halogens is 6. The summed E-state index contributed by atoms with van der Waals surface area (Å²) in [5, 5.41) is 0. The van der Waals surface area contributed by atoms with Crippen LogP contribution in [0.4, 0.5) is 28.2 Å². The van der Waals surface area contributed by atoms with Crippen LogP contribution in [0.3, 0.4) is 0 Å². The van der Waals surface area contributed by atoms with E-state index in [2.05, 4.69) is 6.92 Å². The van der Waals surface area contributed by atoms with Crippen LogP contribution in [0, 0.1) is 0 Å². The van der Waals surface area contributed by atoms with Crippen LogP contribution in [-0.4, -0.2) is 29.1 Å². The van der Waals surface area contributed by atoms with Crippen molar-refractivity contribution in [1.82, 2.24) is 0 Å². The molecule has 13 heavy (non-hydrogen) atoms. The van der Waals surface area contributed by atoms with Gasteiger partial charge in [0.05, 0.1) is 12.7 Å². The molecule has 0 aromatic carbocycles. The van der Waals surface area contributed by atoms with Crippen molar-refractivity contribution in [2.24, 2.45) is 0 Å². The van der Waals surface area contributed by atoms with E-state index in [1.54, 1.807) is 0 Å². The molecule has 0 amide bonds. The highest BCUT2D eigenvalue weighted by atomic mass is 19.0. The van der Waals surface area contributed by atoms with Crippen LogP contribution in [0.2, 0.25) is 0 Å². The minimum absolute atomic E-state index is 0. The van der Waals surface area contributed by atoms with E-state index in [4.69, 9.17) is 4.74 Å². The highest BCUT2D eigenvalue weighted by molar-refractivity contribution is 4.58. The molecule has 1 atom stereocenters. The first-order valence-corrected chi connectivity index (χ1v) is 1.51. The minimum Gasteiger partial charge on any atom is -0.412 e. The summed E-state index contributed by atoms with van der Waals surface area (Å²) in [5.74, 6) is 0. The molecule has 0 aromatic heterocycles. The molecule has 1 saturated heterocycles. The molecule has 1 aliphatic heterocycles. The van der Waals surface area contributed by atoms with Gasteiger partial charge in [0.1, 0.15) is 0 Å². The van der Waals surface area contributed by atoms with Gasteiger partial charge in [-0.15, -0.1) is 0 Å².